The van der Waals surface area contributed by atoms with Crippen LogP contribution in [-0.4, -0.2) is 13.7 Å². The van der Waals surface area contributed by atoms with E-state index in [9.17, 15) is 0 Å². The molecule has 0 amide bonds. The fraction of sp³-hybridized carbons (Fsp3) is 0.368. The Morgan fingerprint density at radius 3 is 2.38 bits per heavy atom. The molecule has 0 saturated heterocycles. The first-order valence-corrected chi connectivity index (χ1v) is 7.69. The Balaban J connectivity index is 1.98. The number of aryl methyl sites for hydroxylation is 2. The van der Waals surface area contributed by atoms with Gasteiger partial charge in [-0.05, 0) is 49.2 Å². The van der Waals surface area contributed by atoms with Gasteiger partial charge in [-0.2, -0.15) is 0 Å². The van der Waals surface area contributed by atoms with Gasteiger partial charge in [0.15, 0.2) is 0 Å². The lowest BCUT2D eigenvalue weighted by atomic mass is 10.0. The monoisotopic (exact) mass is 283 g/mol. The summed E-state index contributed by atoms with van der Waals surface area (Å²) < 4.78 is 5.94. The van der Waals surface area contributed by atoms with Gasteiger partial charge in [0.25, 0.3) is 0 Å². The van der Waals surface area contributed by atoms with E-state index in [1.807, 2.05) is 7.05 Å². The molecule has 1 atom stereocenters. The van der Waals surface area contributed by atoms with Gasteiger partial charge in [0.05, 0.1) is 6.04 Å². The van der Waals surface area contributed by atoms with Crippen LogP contribution in [0.5, 0.6) is 5.75 Å². The van der Waals surface area contributed by atoms with Crippen LogP contribution in [0.1, 0.15) is 36.1 Å². The number of nitrogens with one attached hydrogen (secondary N) is 1. The standard InChI is InChI=1S/C19H25NO/c1-4-7-16-10-12-17(13-11-16)21-14-19(20-3)18-9-6-5-8-15(18)2/h5-6,8-13,19-20H,4,7,14H2,1-3H3. The van der Waals surface area contributed by atoms with E-state index in [-0.39, 0.29) is 6.04 Å². The van der Waals surface area contributed by atoms with Crippen molar-refractivity contribution in [2.45, 2.75) is 32.7 Å². The number of hydrogen-bond donors (Lipinski definition) is 1. The zero-order chi connectivity index (χ0) is 15.1. The number of rotatable bonds is 7. The maximum atomic E-state index is 5.94. The van der Waals surface area contributed by atoms with Crippen molar-refractivity contribution in [1.82, 2.24) is 5.32 Å². The van der Waals surface area contributed by atoms with Crippen LogP contribution >= 0.6 is 0 Å². The minimum Gasteiger partial charge on any atom is -0.492 e. The molecule has 0 heterocycles. The molecule has 1 unspecified atom stereocenters. The van der Waals surface area contributed by atoms with E-state index in [0.29, 0.717) is 6.61 Å². The third kappa shape index (κ3) is 4.33. The van der Waals surface area contributed by atoms with E-state index in [1.165, 1.54) is 23.1 Å². The summed E-state index contributed by atoms with van der Waals surface area (Å²) in [6.07, 6.45) is 2.30. The molecule has 112 valence electrons. The molecule has 0 fully saturated rings. The Bertz CT molecular complexity index is 548. The summed E-state index contributed by atoms with van der Waals surface area (Å²) in [6.45, 7) is 4.97. The molecule has 0 aliphatic carbocycles. The largest absolute Gasteiger partial charge is 0.492 e. The van der Waals surface area contributed by atoms with E-state index < -0.39 is 0 Å². The fourth-order valence-electron chi connectivity index (χ4n) is 2.53. The lowest BCUT2D eigenvalue weighted by Gasteiger charge is -2.19. The van der Waals surface area contributed by atoms with Crippen LogP contribution in [0.2, 0.25) is 0 Å². The van der Waals surface area contributed by atoms with E-state index in [1.54, 1.807) is 0 Å². The second-order valence-corrected chi connectivity index (χ2v) is 5.40. The molecule has 0 spiro atoms. The Labute approximate surface area is 128 Å². The van der Waals surface area contributed by atoms with Crippen molar-refractivity contribution in [1.29, 1.82) is 0 Å². The highest BCUT2D eigenvalue weighted by atomic mass is 16.5. The lowest BCUT2D eigenvalue weighted by molar-refractivity contribution is 0.272. The summed E-state index contributed by atoms with van der Waals surface area (Å²) in [6, 6.07) is 17.1. The summed E-state index contributed by atoms with van der Waals surface area (Å²) in [7, 11) is 1.98. The third-order valence-electron chi connectivity index (χ3n) is 3.79. The number of ether oxygens (including phenoxy) is 1. The molecule has 2 aromatic carbocycles. The predicted octanol–water partition coefficient (Wildman–Crippen LogP) is 4.29. The second-order valence-electron chi connectivity index (χ2n) is 5.40. The summed E-state index contributed by atoms with van der Waals surface area (Å²) in [5.41, 5.74) is 3.95. The predicted molar refractivity (Wildman–Crippen MR) is 88.9 cm³/mol. The molecule has 0 aliphatic rings. The van der Waals surface area contributed by atoms with Crippen molar-refractivity contribution < 1.29 is 4.74 Å². The Morgan fingerprint density at radius 2 is 1.76 bits per heavy atom. The van der Waals surface area contributed by atoms with Crippen LogP contribution in [0.3, 0.4) is 0 Å². The van der Waals surface area contributed by atoms with E-state index in [0.717, 1.165) is 12.2 Å². The van der Waals surface area contributed by atoms with Gasteiger partial charge in [-0.15, -0.1) is 0 Å². The van der Waals surface area contributed by atoms with Gasteiger partial charge >= 0.3 is 0 Å². The van der Waals surface area contributed by atoms with Gasteiger partial charge in [-0.1, -0.05) is 49.7 Å². The Morgan fingerprint density at radius 1 is 1.05 bits per heavy atom. The molecule has 2 rings (SSSR count). The summed E-state index contributed by atoms with van der Waals surface area (Å²) in [5.74, 6) is 0.934. The first kappa shape index (κ1) is 15.6. The van der Waals surface area contributed by atoms with Gasteiger partial charge < -0.3 is 10.1 Å². The van der Waals surface area contributed by atoms with Gasteiger partial charge in [0.2, 0.25) is 0 Å². The Hall–Kier alpha value is -1.80. The van der Waals surface area contributed by atoms with Crippen molar-refractivity contribution in [3.05, 3.63) is 65.2 Å². The minimum absolute atomic E-state index is 0.210. The molecule has 0 aliphatic heterocycles. The smallest absolute Gasteiger partial charge is 0.119 e. The van der Waals surface area contributed by atoms with E-state index in [4.69, 9.17) is 4.74 Å². The Kier molecular flexibility index (Phi) is 5.82. The zero-order valence-corrected chi connectivity index (χ0v) is 13.2. The molecule has 0 aromatic heterocycles. The molecule has 0 bridgehead atoms. The van der Waals surface area contributed by atoms with Gasteiger partial charge in [0.1, 0.15) is 12.4 Å². The van der Waals surface area contributed by atoms with E-state index in [2.05, 4.69) is 67.7 Å². The normalized spacial score (nSPS) is 12.1. The van der Waals surface area contributed by atoms with Crippen LogP contribution in [-0.2, 0) is 6.42 Å². The van der Waals surface area contributed by atoms with Crippen LogP contribution in [0, 0.1) is 6.92 Å². The van der Waals surface area contributed by atoms with Crippen molar-refractivity contribution in [3.8, 4) is 5.75 Å². The zero-order valence-electron chi connectivity index (χ0n) is 13.2. The van der Waals surface area contributed by atoms with Crippen LogP contribution < -0.4 is 10.1 Å². The fourth-order valence-corrected chi connectivity index (χ4v) is 2.53. The SMILES string of the molecule is CCCc1ccc(OCC(NC)c2ccccc2C)cc1. The molecule has 21 heavy (non-hydrogen) atoms. The number of hydrogen-bond acceptors (Lipinski definition) is 2. The van der Waals surface area contributed by atoms with Crippen molar-refractivity contribution >= 4 is 0 Å². The third-order valence-corrected chi connectivity index (χ3v) is 3.79. The lowest BCUT2D eigenvalue weighted by Crippen LogP contribution is -2.24. The maximum Gasteiger partial charge on any atom is 0.119 e. The van der Waals surface area contributed by atoms with Gasteiger partial charge in [-0.3, -0.25) is 0 Å². The molecular formula is C19H25NO. The van der Waals surface area contributed by atoms with Gasteiger partial charge in [-0.25, -0.2) is 0 Å². The molecule has 1 N–H and O–H groups in total. The summed E-state index contributed by atoms with van der Waals surface area (Å²) >= 11 is 0. The molecule has 2 aromatic rings. The average Bonchev–Trinajstić information content (AvgIpc) is 2.51. The summed E-state index contributed by atoms with van der Waals surface area (Å²) in [4.78, 5) is 0. The molecule has 0 radical (unpaired) electrons. The molecule has 2 heteroatoms. The summed E-state index contributed by atoms with van der Waals surface area (Å²) in [5, 5.41) is 3.34. The maximum absolute atomic E-state index is 5.94. The second kappa shape index (κ2) is 7.84. The first-order valence-electron chi connectivity index (χ1n) is 7.69. The minimum atomic E-state index is 0.210. The molecule has 2 nitrogen and oxygen atoms in total. The van der Waals surface area contributed by atoms with Crippen molar-refractivity contribution in [2.75, 3.05) is 13.7 Å². The number of benzene rings is 2. The quantitative estimate of drug-likeness (QED) is 0.818. The number of likely N-dealkylation sites (N-methyl/N-ethyl adjacent to an activating group) is 1. The topological polar surface area (TPSA) is 21.3 Å². The van der Waals surface area contributed by atoms with Crippen molar-refractivity contribution in [3.63, 3.8) is 0 Å². The average molecular weight is 283 g/mol. The molecule has 0 saturated carbocycles. The van der Waals surface area contributed by atoms with E-state index >= 15 is 0 Å². The van der Waals surface area contributed by atoms with Gasteiger partial charge in [0, 0.05) is 0 Å². The van der Waals surface area contributed by atoms with Crippen molar-refractivity contribution in [2.24, 2.45) is 0 Å². The van der Waals surface area contributed by atoms with Crippen LogP contribution in [0.25, 0.3) is 0 Å². The van der Waals surface area contributed by atoms with Crippen LogP contribution in [0.4, 0.5) is 0 Å². The molecular weight excluding hydrogens is 258 g/mol. The first-order chi connectivity index (χ1) is 10.2. The van der Waals surface area contributed by atoms with Crippen LogP contribution in [0.15, 0.2) is 48.5 Å². The highest BCUT2D eigenvalue weighted by Gasteiger charge is 2.12. The highest BCUT2D eigenvalue weighted by Crippen LogP contribution is 2.20. The highest BCUT2D eigenvalue weighted by molar-refractivity contribution is 5.30.